The number of carbonyl (C=O) groups is 1. The van der Waals surface area contributed by atoms with Crippen LogP contribution in [-0.4, -0.2) is 31.5 Å². The Bertz CT molecular complexity index is 1160. The van der Waals surface area contributed by atoms with Crippen molar-refractivity contribution in [1.82, 2.24) is 14.7 Å². The smallest absolute Gasteiger partial charge is 0.266 e. The van der Waals surface area contributed by atoms with Gasteiger partial charge in [0.1, 0.15) is 10.0 Å². The van der Waals surface area contributed by atoms with E-state index in [1.807, 2.05) is 47.3 Å². The molecule has 1 fully saturated rings. The molecule has 1 aromatic heterocycles. The molecule has 0 aliphatic carbocycles. The van der Waals surface area contributed by atoms with Crippen LogP contribution >= 0.6 is 24.0 Å². The van der Waals surface area contributed by atoms with Gasteiger partial charge in [0, 0.05) is 23.9 Å². The Morgan fingerprint density at radius 1 is 1.13 bits per heavy atom. The van der Waals surface area contributed by atoms with Crippen LogP contribution in [0, 0.1) is 13.8 Å². The van der Waals surface area contributed by atoms with Crippen molar-refractivity contribution >= 4 is 40.3 Å². The first-order valence-corrected chi connectivity index (χ1v) is 11.7. The number of hydrogen-bond acceptors (Lipinski definition) is 4. The molecule has 6 heteroatoms. The van der Waals surface area contributed by atoms with E-state index in [2.05, 4.69) is 39.0 Å². The third-order valence-electron chi connectivity index (χ3n) is 5.31. The van der Waals surface area contributed by atoms with Crippen LogP contribution in [0.1, 0.15) is 36.5 Å². The molecule has 4 rings (SSSR count). The quantitative estimate of drug-likeness (QED) is 0.335. The minimum atomic E-state index is -0.0113. The summed E-state index contributed by atoms with van der Waals surface area (Å²) in [6.45, 7) is 6.95. The molecule has 1 amide bonds. The van der Waals surface area contributed by atoms with Crippen LogP contribution in [0.5, 0.6) is 0 Å². The van der Waals surface area contributed by atoms with Gasteiger partial charge in [-0.2, -0.15) is 5.10 Å². The second-order valence-corrected chi connectivity index (χ2v) is 9.39. The standard InChI is InChI=1S/C25H25N3OS2/c1-4-5-13-27-24(29)22(31-25(27)30)15-19-16-28(20-9-7-6-8-10-20)26-23(19)21-14-17(2)11-12-18(21)3/h6-12,14-16H,4-5,13H2,1-3H3/b22-15-. The highest BCUT2D eigenvalue weighted by atomic mass is 32.2. The summed E-state index contributed by atoms with van der Waals surface area (Å²) in [5, 5.41) is 4.91. The number of thiocarbonyl (C=S) groups is 1. The Morgan fingerprint density at radius 2 is 1.90 bits per heavy atom. The van der Waals surface area contributed by atoms with E-state index in [1.54, 1.807) is 4.90 Å². The number of rotatable bonds is 6. The molecule has 1 saturated heterocycles. The normalized spacial score (nSPS) is 15.3. The third-order valence-corrected chi connectivity index (χ3v) is 6.68. The zero-order valence-corrected chi connectivity index (χ0v) is 19.6. The van der Waals surface area contributed by atoms with Gasteiger partial charge in [-0.1, -0.05) is 73.2 Å². The fourth-order valence-electron chi connectivity index (χ4n) is 3.56. The highest BCUT2D eigenvalue weighted by molar-refractivity contribution is 8.26. The first-order valence-electron chi connectivity index (χ1n) is 10.5. The lowest BCUT2D eigenvalue weighted by molar-refractivity contribution is -0.122. The van der Waals surface area contributed by atoms with Crippen molar-refractivity contribution in [3.8, 4) is 16.9 Å². The van der Waals surface area contributed by atoms with Crippen molar-refractivity contribution in [2.75, 3.05) is 6.54 Å². The predicted molar refractivity (Wildman–Crippen MR) is 133 cm³/mol. The molecular weight excluding hydrogens is 422 g/mol. The summed E-state index contributed by atoms with van der Waals surface area (Å²) in [5.41, 5.74) is 6.14. The number of nitrogens with zero attached hydrogens (tertiary/aromatic N) is 3. The number of para-hydroxylation sites is 1. The summed E-state index contributed by atoms with van der Waals surface area (Å²) in [6.07, 6.45) is 5.90. The zero-order valence-electron chi connectivity index (χ0n) is 18.0. The highest BCUT2D eigenvalue weighted by Gasteiger charge is 2.32. The molecule has 31 heavy (non-hydrogen) atoms. The number of aromatic nitrogens is 2. The Kier molecular flexibility index (Phi) is 6.39. The number of benzene rings is 2. The molecule has 0 saturated carbocycles. The third kappa shape index (κ3) is 4.50. The van der Waals surface area contributed by atoms with Gasteiger partial charge >= 0.3 is 0 Å². The van der Waals surface area contributed by atoms with Crippen LogP contribution in [0.25, 0.3) is 23.0 Å². The van der Waals surface area contributed by atoms with E-state index in [0.717, 1.165) is 40.9 Å². The van der Waals surface area contributed by atoms with Gasteiger partial charge in [0.25, 0.3) is 5.91 Å². The summed E-state index contributed by atoms with van der Waals surface area (Å²) in [4.78, 5) is 15.4. The monoisotopic (exact) mass is 447 g/mol. The van der Waals surface area contributed by atoms with E-state index >= 15 is 0 Å². The number of thioether (sulfide) groups is 1. The summed E-state index contributed by atoms with van der Waals surface area (Å²) in [7, 11) is 0. The molecule has 4 nitrogen and oxygen atoms in total. The summed E-state index contributed by atoms with van der Waals surface area (Å²) < 4.78 is 2.51. The molecule has 0 unspecified atom stereocenters. The molecule has 0 spiro atoms. The van der Waals surface area contributed by atoms with Crippen molar-refractivity contribution < 1.29 is 4.79 Å². The average Bonchev–Trinajstić information content (AvgIpc) is 3.30. The van der Waals surface area contributed by atoms with Crippen molar-refractivity contribution in [3.63, 3.8) is 0 Å². The van der Waals surface area contributed by atoms with Gasteiger partial charge in [0.05, 0.1) is 10.6 Å². The van der Waals surface area contributed by atoms with Crippen LogP contribution in [0.4, 0.5) is 0 Å². The number of hydrogen-bond donors (Lipinski definition) is 0. The van der Waals surface area contributed by atoms with E-state index in [4.69, 9.17) is 17.3 Å². The van der Waals surface area contributed by atoms with Crippen LogP contribution < -0.4 is 0 Å². The molecule has 2 heterocycles. The molecule has 0 bridgehead atoms. The number of aryl methyl sites for hydroxylation is 2. The van der Waals surface area contributed by atoms with Gasteiger partial charge in [-0.25, -0.2) is 4.68 Å². The molecule has 3 aromatic rings. The SMILES string of the molecule is CCCCN1C(=O)/C(=C/c2cn(-c3ccccc3)nc2-c2cc(C)ccc2C)SC1=S. The number of amides is 1. The number of carbonyl (C=O) groups excluding carboxylic acids is 1. The van der Waals surface area contributed by atoms with Gasteiger partial charge in [-0.05, 0) is 50.1 Å². The maximum Gasteiger partial charge on any atom is 0.266 e. The van der Waals surface area contributed by atoms with E-state index in [-0.39, 0.29) is 5.91 Å². The van der Waals surface area contributed by atoms with E-state index in [0.29, 0.717) is 15.8 Å². The summed E-state index contributed by atoms with van der Waals surface area (Å²) >= 11 is 6.85. The Morgan fingerprint density at radius 3 is 2.65 bits per heavy atom. The highest BCUT2D eigenvalue weighted by Crippen LogP contribution is 2.35. The largest absolute Gasteiger partial charge is 0.293 e. The molecule has 1 aliphatic rings. The van der Waals surface area contributed by atoms with Crippen LogP contribution in [0.2, 0.25) is 0 Å². The zero-order chi connectivity index (χ0) is 22.0. The first kappa shape index (κ1) is 21.5. The van der Waals surface area contributed by atoms with E-state index < -0.39 is 0 Å². The fourth-order valence-corrected chi connectivity index (χ4v) is 4.86. The fraction of sp³-hybridized carbons (Fsp3) is 0.240. The molecule has 0 atom stereocenters. The van der Waals surface area contributed by atoms with Crippen molar-refractivity contribution in [1.29, 1.82) is 0 Å². The van der Waals surface area contributed by atoms with Gasteiger partial charge in [-0.15, -0.1) is 0 Å². The molecular formula is C25H25N3OS2. The average molecular weight is 448 g/mol. The topological polar surface area (TPSA) is 38.1 Å². The second-order valence-electron chi connectivity index (χ2n) is 7.72. The lowest BCUT2D eigenvalue weighted by Crippen LogP contribution is -2.28. The lowest BCUT2D eigenvalue weighted by atomic mass is 10.0. The first-order chi connectivity index (χ1) is 15.0. The molecule has 0 radical (unpaired) electrons. The van der Waals surface area contributed by atoms with Crippen LogP contribution in [-0.2, 0) is 4.79 Å². The van der Waals surface area contributed by atoms with Gasteiger partial charge in [0.15, 0.2) is 0 Å². The van der Waals surface area contributed by atoms with Crippen molar-refractivity contribution in [2.24, 2.45) is 0 Å². The maximum atomic E-state index is 13.0. The Labute approximate surface area is 193 Å². The maximum absolute atomic E-state index is 13.0. The van der Waals surface area contributed by atoms with Crippen LogP contribution in [0.15, 0.2) is 59.6 Å². The van der Waals surface area contributed by atoms with Crippen molar-refractivity contribution in [2.45, 2.75) is 33.6 Å². The molecule has 2 aromatic carbocycles. The van der Waals surface area contributed by atoms with Gasteiger partial charge in [0.2, 0.25) is 0 Å². The lowest BCUT2D eigenvalue weighted by Gasteiger charge is -2.13. The van der Waals surface area contributed by atoms with Gasteiger partial charge < -0.3 is 0 Å². The minimum Gasteiger partial charge on any atom is -0.293 e. The molecule has 1 aliphatic heterocycles. The number of unbranched alkanes of at least 4 members (excludes halogenated alkanes) is 1. The summed E-state index contributed by atoms with van der Waals surface area (Å²) in [6, 6.07) is 16.4. The van der Waals surface area contributed by atoms with Gasteiger partial charge in [-0.3, -0.25) is 9.69 Å². The Hall–Kier alpha value is -2.70. The Balaban J connectivity index is 1.80. The van der Waals surface area contributed by atoms with Crippen molar-refractivity contribution in [3.05, 3.63) is 76.3 Å². The molecule has 0 N–H and O–H groups in total. The molecule has 158 valence electrons. The van der Waals surface area contributed by atoms with E-state index in [9.17, 15) is 4.79 Å². The predicted octanol–water partition coefficient (Wildman–Crippen LogP) is 6.16. The summed E-state index contributed by atoms with van der Waals surface area (Å²) in [5.74, 6) is -0.0113. The minimum absolute atomic E-state index is 0.0113. The second kappa shape index (κ2) is 9.20. The van der Waals surface area contributed by atoms with E-state index in [1.165, 1.54) is 17.3 Å². The van der Waals surface area contributed by atoms with Crippen LogP contribution in [0.3, 0.4) is 0 Å².